The number of benzene rings is 1. The Labute approximate surface area is 161 Å². The van der Waals surface area contributed by atoms with Crippen LogP contribution in [0.25, 0.3) is 16.2 Å². The fraction of sp³-hybridized carbons (Fsp3) is 0.524. The molecule has 0 atom stereocenters. The maximum absolute atomic E-state index is 13.1. The molecule has 0 aliphatic heterocycles. The van der Waals surface area contributed by atoms with Gasteiger partial charge in [0.05, 0.1) is 0 Å². The van der Waals surface area contributed by atoms with E-state index < -0.39 is 0 Å². The van der Waals surface area contributed by atoms with Crippen LogP contribution in [-0.4, -0.2) is 19.8 Å². The maximum Gasteiger partial charge on any atom is 0.302 e. The van der Waals surface area contributed by atoms with E-state index in [0.29, 0.717) is 10.7 Å². The van der Waals surface area contributed by atoms with Gasteiger partial charge < -0.3 is 0 Å². The standard InChI is InChI=1S/C21H22N4OS/c1-12-2-4-16(5-3-12)17-18(26)25-20(23-22-17)27-19(24-25)21-9-13-6-14(10-21)8-15(7-13)11-21/h2-5,13-15H,6-11H2,1H3. The third-order valence-corrected chi connectivity index (χ3v) is 8.15. The van der Waals surface area contributed by atoms with Crippen molar-refractivity contribution >= 4 is 16.3 Å². The number of nitrogens with zero attached hydrogens (tertiary/aromatic N) is 4. The predicted molar refractivity (Wildman–Crippen MR) is 105 cm³/mol. The van der Waals surface area contributed by atoms with Crippen LogP contribution in [0.2, 0.25) is 0 Å². The summed E-state index contributed by atoms with van der Waals surface area (Å²) in [7, 11) is 0. The number of hydrogen-bond acceptors (Lipinski definition) is 5. The molecule has 4 bridgehead atoms. The van der Waals surface area contributed by atoms with E-state index in [1.807, 2.05) is 31.2 Å². The van der Waals surface area contributed by atoms with Crippen LogP contribution in [0.1, 0.15) is 49.1 Å². The van der Waals surface area contributed by atoms with Gasteiger partial charge in [-0.25, -0.2) is 0 Å². The van der Waals surface area contributed by atoms with Gasteiger partial charge in [0.2, 0.25) is 4.96 Å². The summed E-state index contributed by atoms with van der Waals surface area (Å²) in [6.45, 7) is 2.03. The Balaban J connectivity index is 1.46. The second-order valence-corrected chi connectivity index (χ2v) is 9.98. The highest BCUT2D eigenvalue weighted by Crippen LogP contribution is 2.61. The number of aryl methyl sites for hydroxylation is 1. The van der Waals surface area contributed by atoms with Crippen LogP contribution in [-0.2, 0) is 5.41 Å². The molecule has 4 aliphatic carbocycles. The summed E-state index contributed by atoms with van der Waals surface area (Å²) in [6.07, 6.45) is 7.94. The topological polar surface area (TPSA) is 60.1 Å². The lowest BCUT2D eigenvalue weighted by Crippen LogP contribution is -2.48. The minimum absolute atomic E-state index is 0.156. The van der Waals surface area contributed by atoms with Gasteiger partial charge >= 0.3 is 5.56 Å². The van der Waals surface area contributed by atoms with E-state index in [4.69, 9.17) is 5.10 Å². The molecular formula is C21H22N4OS. The fourth-order valence-electron chi connectivity index (χ4n) is 6.19. The summed E-state index contributed by atoms with van der Waals surface area (Å²) in [6, 6.07) is 7.85. The predicted octanol–water partition coefficient (Wildman–Crippen LogP) is 3.99. The van der Waals surface area contributed by atoms with Crippen molar-refractivity contribution in [1.82, 2.24) is 19.8 Å². The fourth-order valence-corrected chi connectivity index (χ4v) is 7.25. The van der Waals surface area contributed by atoms with Crippen LogP contribution in [0.4, 0.5) is 0 Å². The molecule has 2 heterocycles. The van der Waals surface area contributed by atoms with Gasteiger partial charge in [-0.2, -0.15) is 9.61 Å². The van der Waals surface area contributed by atoms with Crippen molar-refractivity contribution in [2.24, 2.45) is 17.8 Å². The molecule has 27 heavy (non-hydrogen) atoms. The zero-order valence-electron chi connectivity index (χ0n) is 15.4. The van der Waals surface area contributed by atoms with Gasteiger partial charge in [-0.15, -0.1) is 10.2 Å². The third kappa shape index (κ3) is 2.35. The van der Waals surface area contributed by atoms with E-state index in [0.717, 1.165) is 33.9 Å². The summed E-state index contributed by atoms with van der Waals surface area (Å²) in [5.74, 6) is 2.57. The molecule has 2 aromatic heterocycles. The SMILES string of the molecule is Cc1ccc(-c2nnc3sc(C45CC6CC(CC(C6)C4)C5)nn3c2=O)cc1. The van der Waals surface area contributed by atoms with Gasteiger partial charge in [-0.3, -0.25) is 4.79 Å². The van der Waals surface area contributed by atoms with Crippen LogP contribution in [0, 0.1) is 24.7 Å². The van der Waals surface area contributed by atoms with Gasteiger partial charge in [0.15, 0.2) is 5.69 Å². The highest BCUT2D eigenvalue weighted by molar-refractivity contribution is 7.16. The zero-order valence-corrected chi connectivity index (χ0v) is 16.2. The van der Waals surface area contributed by atoms with Gasteiger partial charge in [0.25, 0.3) is 0 Å². The molecule has 0 saturated heterocycles. The Hall–Kier alpha value is -2.08. The van der Waals surface area contributed by atoms with Crippen LogP contribution >= 0.6 is 11.3 Å². The first kappa shape index (κ1) is 15.9. The normalized spacial score (nSPS) is 31.7. The van der Waals surface area contributed by atoms with Gasteiger partial charge in [-0.1, -0.05) is 41.2 Å². The molecule has 138 valence electrons. The lowest BCUT2D eigenvalue weighted by Gasteiger charge is -2.55. The van der Waals surface area contributed by atoms with Crippen molar-refractivity contribution < 1.29 is 0 Å². The van der Waals surface area contributed by atoms with E-state index in [2.05, 4.69) is 10.2 Å². The lowest BCUT2D eigenvalue weighted by molar-refractivity contribution is -0.00567. The van der Waals surface area contributed by atoms with E-state index in [1.165, 1.54) is 43.0 Å². The van der Waals surface area contributed by atoms with Gasteiger partial charge in [0.1, 0.15) is 5.01 Å². The smallest absolute Gasteiger partial charge is 0.265 e. The lowest BCUT2D eigenvalue weighted by atomic mass is 9.50. The molecule has 4 aliphatic rings. The van der Waals surface area contributed by atoms with E-state index in [-0.39, 0.29) is 11.0 Å². The monoisotopic (exact) mass is 378 g/mol. The Morgan fingerprint density at radius 3 is 2.26 bits per heavy atom. The minimum Gasteiger partial charge on any atom is -0.265 e. The molecule has 7 rings (SSSR count). The second kappa shape index (κ2) is 5.47. The molecule has 3 aromatic rings. The summed E-state index contributed by atoms with van der Waals surface area (Å²) >= 11 is 1.58. The maximum atomic E-state index is 13.1. The van der Waals surface area contributed by atoms with Crippen molar-refractivity contribution in [2.75, 3.05) is 0 Å². The van der Waals surface area contributed by atoms with Crippen molar-refractivity contribution in [3.63, 3.8) is 0 Å². The third-order valence-electron chi connectivity index (χ3n) is 7.01. The summed E-state index contributed by atoms with van der Waals surface area (Å²) in [5.41, 5.74) is 2.37. The van der Waals surface area contributed by atoms with Crippen LogP contribution in [0.15, 0.2) is 29.1 Å². The Bertz CT molecular complexity index is 1060. The number of fused-ring (bicyclic) bond motifs is 1. The molecule has 6 heteroatoms. The average molecular weight is 379 g/mol. The van der Waals surface area contributed by atoms with Crippen molar-refractivity contribution in [1.29, 1.82) is 0 Å². The number of rotatable bonds is 2. The Morgan fingerprint density at radius 1 is 1.00 bits per heavy atom. The zero-order chi connectivity index (χ0) is 18.2. The Kier molecular flexibility index (Phi) is 3.23. The molecule has 0 N–H and O–H groups in total. The van der Waals surface area contributed by atoms with Crippen molar-refractivity contribution in [2.45, 2.75) is 50.9 Å². The second-order valence-electron chi connectivity index (χ2n) is 9.02. The first-order valence-corrected chi connectivity index (χ1v) is 10.8. The van der Waals surface area contributed by atoms with Gasteiger partial charge in [0, 0.05) is 11.0 Å². The average Bonchev–Trinajstić information content (AvgIpc) is 3.08. The van der Waals surface area contributed by atoms with Crippen molar-refractivity contribution in [3.05, 3.63) is 45.2 Å². The highest BCUT2D eigenvalue weighted by Gasteiger charge is 2.53. The van der Waals surface area contributed by atoms with E-state index in [1.54, 1.807) is 11.3 Å². The highest BCUT2D eigenvalue weighted by atomic mass is 32.1. The quantitative estimate of drug-likeness (QED) is 0.676. The molecule has 0 radical (unpaired) electrons. The molecule has 0 unspecified atom stereocenters. The van der Waals surface area contributed by atoms with E-state index in [9.17, 15) is 4.79 Å². The molecule has 1 aromatic carbocycles. The first-order chi connectivity index (χ1) is 13.1. The largest absolute Gasteiger partial charge is 0.302 e. The summed E-state index contributed by atoms with van der Waals surface area (Å²) in [5, 5.41) is 14.6. The van der Waals surface area contributed by atoms with Crippen molar-refractivity contribution in [3.8, 4) is 11.3 Å². The van der Waals surface area contributed by atoms with Gasteiger partial charge in [-0.05, 0) is 63.2 Å². The van der Waals surface area contributed by atoms with Crippen LogP contribution in [0.5, 0.6) is 0 Å². The first-order valence-electron chi connectivity index (χ1n) is 9.94. The Morgan fingerprint density at radius 2 is 1.63 bits per heavy atom. The molecule has 0 spiro atoms. The summed E-state index contributed by atoms with van der Waals surface area (Å²) in [4.78, 5) is 13.7. The number of hydrogen-bond donors (Lipinski definition) is 0. The van der Waals surface area contributed by atoms with Crippen LogP contribution < -0.4 is 5.56 Å². The van der Waals surface area contributed by atoms with E-state index >= 15 is 0 Å². The molecular weight excluding hydrogens is 356 g/mol. The van der Waals surface area contributed by atoms with Crippen LogP contribution in [0.3, 0.4) is 0 Å². The molecule has 4 fully saturated rings. The molecule has 0 amide bonds. The summed E-state index contributed by atoms with van der Waals surface area (Å²) < 4.78 is 1.50. The molecule has 5 nitrogen and oxygen atoms in total. The minimum atomic E-state index is -0.156. The molecule has 4 saturated carbocycles. The number of aromatic nitrogens is 4.